The smallest absolute Gasteiger partial charge is 0.277 e. The number of rotatable bonds is 3. The molecule has 1 amide bonds. The topological polar surface area (TPSA) is 70.1 Å². The third kappa shape index (κ3) is 1.91. The molecule has 2 aromatic rings. The minimum Gasteiger partial charge on any atom is -0.355 e. The molecule has 1 fully saturated rings. The number of hydrogen-bond acceptors (Lipinski definition) is 5. The van der Waals surface area contributed by atoms with E-state index in [0.29, 0.717) is 5.76 Å². The standard InChI is InChI=1S/C14H13N3O2S/c1-17(14(9-15)5-3-6-14)13(18)10-8-11(19-16-10)12-4-2-7-20-12/h2,4,7-8H,3,5-6H2,1H3. The molecule has 0 spiro atoms. The van der Waals surface area contributed by atoms with Gasteiger partial charge in [-0.25, -0.2) is 0 Å². The van der Waals surface area contributed by atoms with Gasteiger partial charge in [-0.2, -0.15) is 5.26 Å². The number of hydrogen-bond donors (Lipinski definition) is 0. The second kappa shape index (κ2) is 4.76. The Hall–Kier alpha value is -2.13. The lowest BCUT2D eigenvalue weighted by molar-refractivity contribution is 0.0487. The van der Waals surface area contributed by atoms with Gasteiger partial charge in [0.05, 0.1) is 10.9 Å². The predicted molar refractivity (Wildman–Crippen MR) is 74.1 cm³/mol. The molecule has 0 saturated heterocycles. The molecule has 0 bridgehead atoms. The Labute approximate surface area is 120 Å². The van der Waals surface area contributed by atoms with Crippen LogP contribution in [0.3, 0.4) is 0 Å². The monoisotopic (exact) mass is 287 g/mol. The highest BCUT2D eigenvalue weighted by molar-refractivity contribution is 7.13. The number of thiophene rings is 1. The van der Waals surface area contributed by atoms with Crippen LogP contribution in [0.15, 0.2) is 28.1 Å². The second-order valence-corrected chi connectivity index (χ2v) is 5.86. The van der Waals surface area contributed by atoms with Gasteiger partial charge in [-0.05, 0) is 30.7 Å². The van der Waals surface area contributed by atoms with Gasteiger partial charge < -0.3 is 9.42 Å². The largest absolute Gasteiger partial charge is 0.355 e. The highest BCUT2D eigenvalue weighted by Gasteiger charge is 2.44. The van der Waals surface area contributed by atoms with Crippen LogP contribution in [0.5, 0.6) is 0 Å². The maximum Gasteiger partial charge on any atom is 0.277 e. The van der Waals surface area contributed by atoms with E-state index in [9.17, 15) is 10.1 Å². The van der Waals surface area contributed by atoms with Gasteiger partial charge in [0.2, 0.25) is 0 Å². The van der Waals surface area contributed by atoms with Crippen molar-refractivity contribution in [3.63, 3.8) is 0 Å². The van der Waals surface area contributed by atoms with E-state index in [-0.39, 0.29) is 11.6 Å². The molecule has 0 radical (unpaired) electrons. The first-order valence-corrected chi connectivity index (χ1v) is 7.24. The van der Waals surface area contributed by atoms with E-state index in [4.69, 9.17) is 4.52 Å². The molecule has 6 heteroatoms. The van der Waals surface area contributed by atoms with Crippen LogP contribution in [0, 0.1) is 11.3 Å². The van der Waals surface area contributed by atoms with Crippen LogP contribution in [0.4, 0.5) is 0 Å². The van der Waals surface area contributed by atoms with Gasteiger partial charge in [-0.1, -0.05) is 11.2 Å². The predicted octanol–water partition coefficient (Wildman–Crippen LogP) is 2.92. The van der Waals surface area contributed by atoms with Gasteiger partial charge >= 0.3 is 0 Å². The second-order valence-electron chi connectivity index (χ2n) is 4.91. The molecule has 1 aliphatic rings. The molecule has 102 valence electrons. The number of aromatic nitrogens is 1. The first-order chi connectivity index (χ1) is 9.66. The summed E-state index contributed by atoms with van der Waals surface area (Å²) in [6, 6.07) is 7.70. The summed E-state index contributed by atoms with van der Waals surface area (Å²) >= 11 is 1.52. The maximum absolute atomic E-state index is 12.4. The van der Waals surface area contributed by atoms with Gasteiger partial charge in [0.15, 0.2) is 11.5 Å². The van der Waals surface area contributed by atoms with Crippen LogP contribution >= 0.6 is 11.3 Å². The van der Waals surface area contributed by atoms with Gasteiger partial charge in [-0.3, -0.25) is 4.79 Å². The summed E-state index contributed by atoms with van der Waals surface area (Å²) < 4.78 is 5.21. The normalized spacial score (nSPS) is 16.2. The summed E-state index contributed by atoms with van der Waals surface area (Å²) in [5.41, 5.74) is -0.420. The summed E-state index contributed by atoms with van der Waals surface area (Å²) in [5.74, 6) is 0.314. The molecule has 1 saturated carbocycles. The number of nitrogens with zero attached hydrogens (tertiary/aromatic N) is 3. The zero-order valence-corrected chi connectivity index (χ0v) is 11.8. The SMILES string of the molecule is CN(C(=O)c1cc(-c2cccs2)on1)C1(C#N)CCC1. The highest BCUT2D eigenvalue weighted by Crippen LogP contribution is 2.37. The molecule has 20 heavy (non-hydrogen) atoms. The first-order valence-electron chi connectivity index (χ1n) is 6.36. The Morgan fingerprint density at radius 3 is 2.95 bits per heavy atom. The lowest BCUT2D eigenvalue weighted by Crippen LogP contribution is -2.53. The van der Waals surface area contributed by atoms with Gasteiger partial charge in [0.1, 0.15) is 5.54 Å². The number of nitriles is 1. The van der Waals surface area contributed by atoms with Crippen LogP contribution in [0.2, 0.25) is 0 Å². The number of amides is 1. The fourth-order valence-corrected chi connectivity index (χ4v) is 2.98. The van der Waals surface area contributed by atoms with E-state index in [0.717, 1.165) is 24.1 Å². The lowest BCUT2D eigenvalue weighted by Gasteiger charge is -2.42. The molecular weight excluding hydrogens is 274 g/mol. The third-order valence-corrected chi connectivity index (χ3v) is 4.71. The van der Waals surface area contributed by atoms with Crippen molar-refractivity contribution < 1.29 is 9.32 Å². The van der Waals surface area contributed by atoms with E-state index >= 15 is 0 Å². The van der Waals surface area contributed by atoms with Crippen molar-refractivity contribution in [3.05, 3.63) is 29.3 Å². The zero-order chi connectivity index (χ0) is 14.2. The van der Waals surface area contributed by atoms with Crippen molar-refractivity contribution in [2.24, 2.45) is 0 Å². The molecule has 2 aromatic heterocycles. The van der Waals surface area contributed by atoms with E-state index in [1.165, 1.54) is 16.2 Å². The van der Waals surface area contributed by atoms with E-state index in [2.05, 4.69) is 11.2 Å². The Bertz CT molecular complexity index is 665. The summed E-state index contributed by atoms with van der Waals surface area (Å²) in [6.45, 7) is 0. The van der Waals surface area contributed by atoms with E-state index in [1.54, 1.807) is 13.1 Å². The van der Waals surface area contributed by atoms with Crippen molar-refractivity contribution in [1.29, 1.82) is 5.26 Å². The molecule has 1 aliphatic carbocycles. The minimum atomic E-state index is -0.668. The zero-order valence-electron chi connectivity index (χ0n) is 11.0. The van der Waals surface area contributed by atoms with Crippen molar-refractivity contribution >= 4 is 17.2 Å². The van der Waals surface area contributed by atoms with Crippen molar-refractivity contribution in [1.82, 2.24) is 10.1 Å². The van der Waals surface area contributed by atoms with Crippen LogP contribution in [0.25, 0.3) is 10.6 Å². The summed E-state index contributed by atoms with van der Waals surface area (Å²) in [4.78, 5) is 14.8. The summed E-state index contributed by atoms with van der Waals surface area (Å²) in [6.07, 6.45) is 2.42. The molecule has 0 N–H and O–H groups in total. The molecular formula is C14H13N3O2S. The van der Waals surface area contributed by atoms with E-state index in [1.807, 2.05) is 17.5 Å². The van der Waals surface area contributed by atoms with Gasteiger partial charge in [-0.15, -0.1) is 11.3 Å². The number of carbonyl (C=O) groups is 1. The Morgan fingerprint density at radius 2 is 2.40 bits per heavy atom. The molecule has 0 aromatic carbocycles. The van der Waals surface area contributed by atoms with Crippen LogP contribution in [-0.4, -0.2) is 28.6 Å². The fraction of sp³-hybridized carbons (Fsp3) is 0.357. The minimum absolute atomic E-state index is 0.248. The Kier molecular flexibility index (Phi) is 3.07. The van der Waals surface area contributed by atoms with Crippen LogP contribution in [-0.2, 0) is 0 Å². The lowest BCUT2D eigenvalue weighted by atomic mass is 9.76. The molecule has 3 rings (SSSR count). The molecule has 2 heterocycles. The Morgan fingerprint density at radius 1 is 1.60 bits per heavy atom. The van der Waals surface area contributed by atoms with E-state index < -0.39 is 5.54 Å². The van der Waals surface area contributed by atoms with Crippen LogP contribution in [0.1, 0.15) is 29.8 Å². The van der Waals surface area contributed by atoms with Crippen LogP contribution < -0.4 is 0 Å². The van der Waals surface area contributed by atoms with Gasteiger partial charge in [0.25, 0.3) is 5.91 Å². The highest BCUT2D eigenvalue weighted by atomic mass is 32.1. The number of carbonyl (C=O) groups excluding carboxylic acids is 1. The van der Waals surface area contributed by atoms with Gasteiger partial charge in [0, 0.05) is 13.1 Å². The fourth-order valence-electron chi connectivity index (χ4n) is 2.31. The molecule has 5 nitrogen and oxygen atoms in total. The average molecular weight is 287 g/mol. The van der Waals surface area contributed by atoms with Crippen molar-refractivity contribution in [2.45, 2.75) is 24.8 Å². The molecule has 0 unspecified atom stereocenters. The summed E-state index contributed by atoms with van der Waals surface area (Å²) in [5, 5.41) is 15.0. The van der Waals surface area contributed by atoms with Crippen molar-refractivity contribution in [3.8, 4) is 16.7 Å². The molecule has 0 aliphatic heterocycles. The average Bonchev–Trinajstić information content (AvgIpc) is 3.07. The first kappa shape index (κ1) is 12.9. The summed E-state index contributed by atoms with van der Waals surface area (Å²) in [7, 11) is 1.66. The maximum atomic E-state index is 12.4. The third-order valence-electron chi connectivity index (χ3n) is 3.83. The molecule has 0 atom stereocenters. The van der Waals surface area contributed by atoms with Crippen molar-refractivity contribution in [2.75, 3.05) is 7.05 Å². The Balaban J connectivity index is 1.83. The quantitative estimate of drug-likeness (QED) is 0.870.